The third-order valence-electron chi connectivity index (χ3n) is 5.25. The van der Waals surface area contributed by atoms with Crippen molar-refractivity contribution in [3.63, 3.8) is 0 Å². The lowest BCUT2D eigenvalue weighted by Gasteiger charge is -2.26. The second kappa shape index (κ2) is 6.65. The summed E-state index contributed by atoms with van der Waals surface area (Å²) in [5, 5.41) is 4.91. The molecule has 0 radical (unpaired) electrons. The summed E-state index contributed by atoms with van der Waals surface area (Å²) in [4.78, 5) is 32.6. The Kier molecular flexibility index (Phi) is 3.98. The molecular weight excluding hydrogens is 352 g/mol. The molecule has 28 heavy (non-hydrogen) atoms. The number of carbonyl (C=O) groups is 1. The van der Waals surface area contributed by atoms with E-state index in [-0.39, 0.29) is 11.5 Å². The molecule has 3 heterocycles. The first-order chi connectivity index (χ1) is 13.7. The summed E-state index contributed by atoms with van der Waals surface area (Å²) in [6, 6.07) is 17.9. The van der Waals surface area contributed by atoms with Gasteiger partial charge in [-0.05, 0) is 41.3 Å². The Morgan fingerprint density at radius 3 is 2.64 bits per heavy atom. The average molecular weight is 372 g/mol. The molecule has 1 aliphatic heterocycles. The van der Waals surface area contributed by atoms with Gasteiger partial charge in [0.15, 0.2) is 0 Å². The fraction of sp³-hybridized carbons (Fsp3) is 0.182. The van der Waals surface area contributed by atoms with Crippen molar-refractivity contribution in [3.05, 3.63) is 70.5 Å². The van der Waals surface area contributed by atoms with Crippen molar-refractivity contribution in [1.29, 1.82) is 0 Å². The molecule has 0 saturated carbocycles. The van der Waals surface area contributed by atoms with Crippen LogP contribution in [0.2, 0.25) is 0 Å². The van der Waals surface area contributed by atoms with E-state index in [1.54, 1.807) is 0 Å². The van der Waals surface area contributed by atoms with Crippen LogP contribution in [0.1, 0.15) is 5.56 Å². The van der Waals surface area contributed by atoms with Gasteiger partial charge in [-0.3, -0.25) is 14.5 Å². The van der Waals surface area contributed by atoms with Crippen LogP contribution in [0, 0.1) is 0 Å². The number of hydrogen-bond donors (Lipinski definition) is 3. The van der Waals surface area contributed by atoms with Gasteiger partial charge in [0.2, 0.25) is 5.91 Å². The maximum atomic E-state index is 12.6. The number of piperazine rings is 1. The van der Waals surface area contributed by atoms with Crippen molar-refractivity contribution >= 4 is 27.7 Å². The van der Waals surface area contributed by atoms with Crippen LogP contribution in [0.5, 0.6) is 0 Å². The van der Waals surface area contributed by atoms with E-state index in [2.05, 4.69) is 32.3 Å². The Morgan fingerprint density at radius 2 is 1.75 bits per heavy atom. The first-order valence-electron chi connectivity index (χ1n) is 9.39. The Hall–Kier alpha value is -3.38. The molecule has 0 unspecified atom stereocenters. The molecule has 0 atom stereocenters. The molecule has 2 aromatic carbocycles. The number of para-hydroxylation sites is 1. The average Bonchev–Trinajstić information content (AvgIpc) is 3.10. The van der Waals surface area contributed by atoms with Crippen molar-refractivity contribution in [3.8, 4) is 11.3 Å². The third kappa shape index (κ3) is 3.08. The molecule has 4 aromatic rings. The number of fused-ring (bicyclic) bond motifs is 2. The summed E-state index contributed by atoms with van der Waals surface area (Å²) in [7, 11) is 0. The van der Waals surface area contributed by atoms with E-state index in [0.717, 1.165) is 46.2 Å². The Bertz CT molecular complexity index is 1250. The Labute approximate surface area is 161 Å². The number of aromatic nitrogens is 2. The molecule has 0 spiro atoms. The molecule has 140 valence electrons. The molecule has 2 aromatic heterocycles. The van der Waals surface area contributed by atoms with Gasteiger partial charge in [-0.15, -0.1) is 0 Å². The van der Waals surface area contributed by atoms with E-state index in [1.165, 1.54) is 0 Å². The molecule has 5 rings (SSSR count). The number of pyridine rings is 1. The smallest absolute Gasteiger partial charge is 0.257 e. The molecule has 1 aliphatic rings. The minimum absolute atomic E-state index is 0.0757. The van der Waals surface area contributed by atoms with E-state index in [0.29, 0.717) is 18.7 Å². The molecule has 1 saturated heterocycles. The summed E-state index contributed by atoms with van der Waals surface area (Å²) >= 11 is 0. The molecule has 6 heteroatoms. The van der Waals surface area contributed by atoms with Crippen LogP contribution in [0.15, 0.2) is 59.4 Å². The van der Waals surface area contributed by atoms with Crippen LogP contribution in [-0.4, -0.2) is 40.4 Å². The summed E-state index contributed by atoms with van der Waals surface area (Å²) < 4.78 is 0. The number of rotatable bonds is 3. The predicted octanol–water partition coefficient (Wildman–Crippen LogP) is 2.61. The number of aromatic amines is 2. The number of amides is 1. The number of H-pyrrole nitrogens is 2. The van der Waals surface area contributed by atoms with E-state index in [4.69, 9.17) is 0 Å². The maximum Gasteiger partial charge on any atom is 0.257 e. The summed E-state index contributed by atoms with van der Waals surface area (Å²) in [6.45, 7) is 2.72. The summed E-state index contributed by atoms with van der Waals surface area (Å²) in [5.74, 6) is 0.0757. The lowest BCUT2D eigenvalue weighted by Crippen LogP contribution is -2.47. The summed E-state index contributed by atoms with van der Waals surface area (Å²) in [5.41, 5.74) is 4.30. The summed E-state index contributed by atoms with van der Waals surface area (Å²) in [6.07, 6.45) is 0. The van der Waals surface area contributed by atoms with Gasteiger partial charge in [0, 0.05) is 36.1 Å². The molecule has 0 bridgehead atoms. The number of carbonyl (C=O) groups excluding carboxylic acids is 1. The van der Waals surface area contributed by atoms with E-state index >= 15 is 0 Å². The standard InChI is InChI=1S/C22H20N4O2/c27-21-13-26(8-7-23-21)12-14-5-6-19-16(9-14)11-20(24-19)17-10-15-3-1-2-4-18(15)25-22(17)28/h1-6,9-11,24H,7-8,12-13H2,(H,23,27)(H,25,28). The van der Waals surface area contributed by atoms with Gasteiger partial charge in [-0.2, -0.15) is 0 Å². The van der Waals surface area contributed by atoms with Crippen LogP contribution >= 0.6 is 0 Å². The van der Waals surface area contributed by atoms with Gasteiger partial charge in [0.1, 0.15) is 0 Å². The number of benzene rings is 2. The minimum atomic E-state index is -0.107. The van der Waals surface area contributed by atoms with Gasteiger partial charge < -0.3 is 15.3 Å². The first-order valence-corrected chi connectivity index (χ1v) is 9.39. The van der Waals surface area contributed by atoms with E-state index < -0.39 is 0 Å². The highest BCUT2D eigenvalue weighted by Gasteiger charge is 2.16. The van der Waals surface area contributed by atoms with E-state index in [1.807, 2.05) is 42.5 Å². The SMILES string of the molecule is O=C1CN(Cc2ccc3[nH]c(-c4cc5ccccc5[nH]c4=O)cc3c2)CCN1. The highest BCUT2D eigenvalue weighted by Crippen LogP contribution is 2.25. The van der Waals surface area contributed by atoms with E-state index in [9.17, 15) is 9.59 Å². The molecular formula is C22H20N4O2. The Balaban J connectivity index is 1.49. The normalized spacial score (nSPS) is 15.2. The highest BCUT2D eigenvalue weighted by atomic mass is 16.2. The zero-order chi connectivity index (χ0) is 19.1. The van der Waals surface area contributed by atoms with Crippen molar-refractivity contribution in [2.45, 2.75) is 6.54 Å². The maximum absolute atomic E-state index is 12.6. The van der Waals surface area contributed by atoms with Gasteiger partial charge in [0.05, 0.1) is 17.8 Å². The van der Waals surface area contributed by atoms with Crippen molar-refractivity contribution in [1.82, 2.24) is 20.2 Å². The number of nitrogens with zero attached hydrogens (tertiary/aromatic N) is 1. The lowest BCUT2D eigenvalue weighted by atomic mass is 10.1. The monoisotopic (exact) mass is 372 g/mol. The third-order valence-corrected chi connectivity index (χ3v) is 5.25. The van der Waals surface area contributed by atoms with Crippen LogP contribution in [0.3, 0.4) is 0 Å². The highest BCUT2D eigenvalue weighted by molar-refractivity contribution is 5.89. The largest absolute Gasteiger partial charge is 0.354 e. The first kappa shape index (κ1) is 16.8. The van der Waals surface area contributed by atoms with Crippen molar-refractivity contribution in [2.24, 2.45) is 0 Å². The van der Waals surface area contributed by atoms with Gasteiger partial charge in [0.25, 0.3) is 5.56 Å². The van der Waals surface area contributed by atoms with Crippen LogP contribution in [0.4, 0.5) is 0 Å². The fourth-order valence-electron chi connectivity index (χ4n) is 3.86. The zero-order valence-electron chi connectivity index (χ0n) is 15.3. The van der Waals surface area contributed by atoms with Gasteiger partial charge in [-0.25, -0.2) is 0 Å². The second-order valence-electron chi connectivity index (χ2n) is 7.26. The topological polar surface area (TPSA) is 81.0 Å². The minimum Gasteiger partial charge on any atom is -0.354 e. The van der Waals surface area contributed by atoms with Crippen LogP contribution in [0.25, 0.3) is 33.1 Å². The fourth-order valence-corrected chi connectivity index (χ4v) is 3.86. The molecule has 0 aliphatic carbocycles. The van der Waals surface area contributed by atoms with Crippen LogP contribution < -0.4 is 10.9 Å². The van der Waals surface area contributed by atoms with Gasteiger partial charge >= 0.3 is 0 Å². The van der Waals surface area contributed by atoms with Crippen molar-refractivity contribution in [2.75, 3.05) is 19.6 Å². The number of hydrogen-bond acceptors (Lipinski definition) is 3. The lowest BCUT2D eigenvalue weighted by molar-refractivity contribution is -0.124. The Morgan fingerprint density at radius 1 is 0.893 bits per heavy atom. The van der Waals surface area contributed by atoms with Gasteiger partial charge in [-0.1, -0.05) is 24.3 Å². The number of nitrogens with one attached hydrogen (secondary N) is 3. The quantitative estimate of drug-likeness (QED) is 0.517. The molecule has 1 fully saturated rings. The predicted molar refractivity (Wildman–Crippen MR) is 110 cm³/mol. The van der Waals surface area contributed by atoms with Crippen LogP contribution in [-0.2, 0) is 11.3 Å². The zero-order valence-corrected chi connectivity index (χ0v) is 15.3. The van der Waals surface area contributed by atoms with Crippen molar-refractivity contribution < 1.29 is 4.79 Å². The molecule has 6 nitrogen and oxygen atoms in total. The molecule has 3 N–H and O–H groups in total. The molecule has 1 amide bonds. The second-order valence-corrected chi connectivity index (χ2v) is 7.26.